The van der Waals surface area contributed by atoms with Crippen molar-refractivity contribution in [3.63, 3.8) is 0 Å². The lowest BCUT2D eigenvalue weighted by atomic mass is 10.2. The van der Waals surface area contributed by atoms with E-state index in [2.05, 4.69) is 50.2 Å². The summed E-state index contributed by atoms with van der Waals surface area (Å²) < 4.78 is 7.52. The maximum Gasteiger partial charge on any atom is 0.137 e. The second kappa shape index (κ2) is 6.40. The Morgan fingerprint density at radius 3 is 2.83 bits per heavy atom. The Morgan fingerprint density at radius 2 is 2.17 bits per heavy atom. The molecule has 0 amide bonds. The molecule has 0 heterocycles. The minimum Gasteiger partial charge on any atom is -0.495 e. The largest absolute Gasteiger partial charge is 0.495 e. The molecule has 0 aliphatic heterocycles. The van der Waals surface area contributed by atoms with Crippen molar-refractivity contribution >= 4 is 31.9 Å². The van der Waals surface area contributed by atoms with Gasteiger partial charge in [-0.2, -0.15) is 0 Å². The van der Waals surface area contributed by atoms with Crippen LogP contribution in [0.1, 0.15) is 31.7 Å². The Balaban J connectivity index is 1.97. The van der Waals surface area contributed by atoms with Crippen LogP contribution in [-0.2, 0) is 6.54 Å². The zero-order valence-electron chi connectivity index (χ0n) is 10.8. The first kappa shape index (κ1) is 14.4. The summed E-state index contributed by atoms with van der Waals surface area (Å²) in [5.74, 6) is 1.81. The highest BCUT2D eigenvalue weighted by Crippen LogP contribution is 2.36. The number of ether oxygens (including phenoxy) is 1. The molecular formula is C14H19Br2NO. The summed E-state index contributed by atoms with van der Waals surface area (Å²) in [5.41, 5.74) is 1.20. The molecule has 1 aromatic carbocycles. The molecule has 1 saturated carbocycles. The summed E-state index contributed by atoms with van der Waals surface area (Å²) in [7, 11) is 1.72. The van der Waals surface area contributed by atoms with Gasteiger partial charge in [-0.25, -0.2) is 0 Å². The first-order chi connectivity index (χ1) is 8.65. The number of nitrogens with one attached hydrogen (secondary N) is 1. The Hall–Kier alpha value is -0.0600. The molecule has 1 N–H and O–H groups in total. The summed E-state index contributed by atoms with van der Waals surface area (Å²) in [6.07, 6.45) is 3.96. The molecule has 0 aromatic heterocycles. The highest BCUT2D eigenvalue weighted by atomic mass is 79.9. The van der Waals surface area contributed by atoms with Crippen molar-refractivity contribution in [1.82, 2.24) is 5.32 Å². The van der Waals surface area contributed by atoms with Gasteiger partial charge in [-0.15, -0.1) is 0 Å². The van der Waals surface area contributed by atoms with Crippen molar-refractivity contribution in [2.75, 3.05) is 7.11 Å². The molecule has 4 heteroatoms. The first-order valence-electron chi connectivity index (χ1n) is 6.41. The fraction of sp³-hybridized carbons (Fsp3) is 0.571. The third-order valence-corrected chi connectivity index (χ3v) is 4.47. The SMILES string of the molecule is CCCC1CC1NCc1cc(Br)cc(Br)c1OC. The van der Waals surface area contributed by atoms with Crippen molar-refractivity contribution < 1.29 is 4.74 Å². The van der Waals surface area contributed by atoms with Crippen LogP contribution >= 0.6 is 31.9 Å². The number of rotatable bonds is 6. The van der Waals surface area contributed by atoms with Crippen LogP contribution < -0.4 is 10.1 Å². The fourth-order valence-electron chi connectivity index (χ4n) is 2.40. The molecule has 1 fully saturated rings. The van der Waals surface area contributed by atoms with Gasteiger partial charge >= 0.3 is 0 Å². The molecule has 0 spiro atoms. The van der Waals surface area contributed by atoms with Gasteiger partial charge in [0, 0.05) is 22.6 Å². The number of hydrogen-bond acceptors (Lipinski definition) is 2. The minimum absolute atomic E-state index is 0.701. The number of benzene rings is 1. The fourth-order valence-corrected chi connectivity index (χ4v) is 3.88. The molecule has 1 aliphatic rings. The lowest BCUT2D eigenvalue weighted by molar-refractivity contribution is 0.404. The predicted octanol–water partition coefficient (Wildman–Crippen LogP) is 4.50. The van der Waals surface area contributed by atoms with E-state index in [1.807, 2.05) is 6.07 Å². The second-order valence-corrected chi connectivity index (χ2v) is 6.62. The molecule has 1 aromatic rings. The van der Waals surface area contributed by atoms with Gasteiger partial charge in [0.2, 0.25) is 0 Å². The maximum atomic E-state index is 5.45. The summed E-state index contributed by atoms with van der Waals surface area (Å²) in [4.78, 5) is 0. The standard InChI is InChI=1S/C14H19Br2NO/c1-3-4-9-6-13(9)17-8-10-5-11(15)7-12(16)14(10)18-2/h5,7,9,13,17H,3-4,6,8H2,1-2H3. The van der Waals surface area contributed by atoms with Crippen LogP contribution in [0.4, 0.5) is 0 Å². The molecule has 0 saturated heterocycles. The maximum absolute atomic E-state index is 5.45. The second-order valence-electron chi connectivity index (χ2n) is 4.85. The van der Waals surface area contributed by atoms with Crippen LogP contribution in [0.3, 0.4) is 0 Å². The van der Waals surface area contributed by atoms with E-state index in [0.717, 1.165) is 27.2 Å². The molecular weight excluding hydrogens is 358 g/mol. The zero-order valence-corrected chi connectivity index (χ0v) is 14.0. The van der Waals surface area contributed by atoms with Crippen LogP contribution in [0.15, 0.2) is 21.1 Å². The van der Waals surface area contributed by atoms with Crippen LogP contribution in [0.25, 0.3) is 0 Å². The lowest BCUT2D eigenvalue weighted by Crippen LogP contribution is -2.18. The predicted molar refractivity (Wildman–Crippen MR) is 82.0 cm³/mol. The number of halogens is 2. The van der Waals surface area contributed by atoms with E-state index in [4.69, 9.17) is 4.74 Å². The number of methoxy groups -OCH3 is 1. The molecule has 0 bridgehead atoms. The van der Waals surface area contributed by atoms with Crippen molar-refractivity contribution in [2.24, 2.45) is 5.92 Å². The Morgan fingerprint density at radius 1 is 1.39 bits per heavy atom. The van der Waals surface area contributed by atoms with Gasteiger partial charge in [0.15, 0.2) is 0 Å². The average Bonchev–Trinajstić information content (AvgIpc) is 3.05. The first-order valence-corrected chi connectivity index (χ1v) is 7.99. The van der Waals surface area contributed by atoms with Gasteiger partial charge in [0.05, 0.1) is 11.6 Å². The third-order valence-electron chi connectivity index (χ3n) is 3.43. The molecule has 2 nitrogen and oxygen atoms in total. The van der Waals surface area contributed by atoms with Gasteiger partial charge in [0.25, 0.3) is 0 Å². The van der Waals surface area contributed by atoms with E-state index in [1.54, 1.807) is 7.11 Å². The van der Waals surface area contributed by atoms with Gasteiger partial charge < -0.3 is 10.1 Å². The molecule has 2 atom stereocenters. The smallest absolute Gasteiger partial charge is 0.137 e. The van der Waals surface area contributed by atoms with Crippen LogP contribution in [0.2, 0.25) is 0 Å². The Kier molecular flexibility index (Phi) is 5.10. The van der Waals surface area contributed by atoms with Gasteiger partial charge in [-0.1, -0.05) is 29.3 Å². The Bertz CT molecular complexity index is 423. The summed E-state index contributed by atoms with van der Waals surface area (Å²) >= 11 is 7.06. The van der Waals surface area contributed by atoms with Crippen molar-refractivity contribution in [3.8, 4) is 5.75 Å². The average molecular weight is 377 g/mol. The number of hydrogen-bond donors (Lipinski definition) is 1. The van der Waals surface area contributed by atoms with Crippen LogP contribution in [0, 0.1) is 5.92 Å². The van der Waals surface area contributed by atoms with E-state index >= 15 is 0 Å². The van der Waals surface area contributed by atoms with Crippen molar-refractivity contribution in [2.45, 2.75) is 38.8 Å². The lowest BCUT2D eigenvalue weighted by Gasteiger charge is -2.12. The molecule has 100 valence electrons. The van der Waals surface area contributed by atoms with E-state index < -0.39 is 0 Å². The quantitative estimate of drug-likeness (QED) is 0.789. The molecule has 0 radical (unpaired) electrons. The topological polar surface area (TPSA) is 21.3 Å². The van der Waals surface area contributed by atoms with Gasteiger partial charge in [-0.3, -0.25) is 0 Å². The van der Waals surface area contributed by atoms with Crippen LogP contribution in [0.5, 0.6) is 5.75 Å². The van der Waals surface area contributed by atoms with E-state index in [9.17, 15) is 0 Å². The molecule has 1 aliphatic carbocycles. The van der Waals surface area contributed by atoms with E-state index in [1.165, 1.54) is 24.8 Å². The highest BCUT2D eigenvalue weighted by Gasteiger charge is 2.35. The molecule has 2 unspecified atom stereocenters. The van der Waals surface area contributed by atoms with E-state index in [-0.39, 0.29) is 0 Å². The zero-order chi connectivity index (χ0) is 13.1. The third kappa shape index (κ3) is 3.49. The Labute approximate surface area is 126 Å². The highest BCUT2D eigenvalue weighted by molar-refractivity contribution is 9.11. The summed E-state index contributed by atoms with van der Waals surface area (Å²) in [6, 6.07) is 4.83. The van der Waals surface area contributed by atoms with Crippen molar-refractivity contribution in [1.29, 1.82) is 0 Å². The van der Waals surface area contributed by atoms with Crippen molar-refractivity contribution in [3.05, 3.63) is 26.6 Å². The summed E-state index contributed by atoms with van der Waals surface area (Å²) in [5, 5.41) is 3.62. The normalized spacial score (nSPS) is 22.0. The monoisotopic (exact) mass is 375 g/mol. The van der Waals surface area contributed by atoms with E-state index in [0.29, 0.717) is 6.04 Å². The minimum atomic E-state index is 0.701. The molecule has 2 rings (SSSR count). The van der Waals surface area contributed by atoms with Gasteiger partial charge in [-0.05, 0) is 46.8 Å². The van der Waals surface area contributed by atoms with Crippen LogP contribution in [-0.4, -0.2) is 13.2 Å². The van der Waals surface area contributed by atoms with Gasteiger partial charge in [0.1, 0.15) is 5.75 Å². The molecule has 18 heavy (non-hydrogen) atoms. The summed E-state index contributed by atoms with van der Waals surface area (Å²) in [6.45, 7) is 3.12.